The van der Waals surface area contributed by atoms with E-state index in [2.05, 4.69) is 10.6 Å². The van der Waals surface area contributed by atoms with Crippen LogP contribution in [0.5, 0.6) is 11.5 Å². The second-order valence-electron chi connectivity index (χ2n) is 6.04. The largest absolute Gasteiger partial charge is 0.490 e. The summed E-state index contributed by atoms with van der Waals surface area (Å²) in [5.74, 6) is 1.54. The number of hydrogen-bond donors (Lipinski definition) is 2. The van der Waals surface area contributed by atoms with E-state index in [9.17, 15) is 4.79 Å². The third-order valence-corrected chi connectivity index (χ3v) is 4.17. The van der Waals surface area contributed by atoms with Gasteiger partial charge >= 0.3 is 0 Å². The predicted octanol–water partition coefficient (Wildman–Crippen LogP) is 3.50. The molecule has 0 aromatic heterocycles. The maximum absolute atomic E-state index is 12.4. The van der Waals surface area contributed by atoms with Crippen molar-refractivity contribution in [2.45, 2.75) is 12.8 Å². The molecular weight excluding hydrogens is 352 g/mol. The highest BCUT2D eigenvalue weighted by atomic mass is 35.5. The molecule has 140 valence electrons. The normalized spacial score (nSPS) is 16.2. The summed E-state index contributed by atoms with van der Waals surface area (Å²) in [5, 5.41) is 6.26. The molecule has 0 aliphatic carbocycles. The zero-order valence-corrected chi connectivity index (χ0v) is 15.5. The molecule has 1 unspecified atom stereocenters. The molecular formula is C20H25ClN2O3. The van der Waals surface area contributed by atoms with E-state index in [0.29, 0.717) is 24.7 Å². The van der Waals surface area contributed by atoms with Gasteiger partial charge in [-0.05, 0) is 43.7 Å². The van der Waals surface area contributed by atoms with Crippen LogP contribution < -0.4 is 20.1 Å². The number of para-hydroxylation sites is 3. The number of carbonyl (C=O) groups excluding carboxylic acids is 1. The van der Waals surface area contributed by atoms with Crippen LogP contribution in [0.3, 0.4) is 0 Å². The van der Waals surface area contributed by atoms with Crippen molar-refractivity contribution >= 4 is 24.0 Å². The van der Waals surface area contributed by atoms with Gasteiger partial charge in [0.15, 0.2) is 0 Å². The van der Waals surface area contributed by atoms with Crippen LogP contribution in [0.4, 0.5) is 5.69 Å². The van der Waals surface area contributed by atoms with Crippen LogP contribution in [0.15, 0.2) is 54.6 Å². The van der Waals surface area contributed by atoms with Crippen molar-refractivity contribution in [2.75, 3.05) is 31.6 Å². The molecule has 1 amide bonds. The van der Waals surface area contributed by atoms with E-state index in [-0.39, 0.29) is 24.2 Å². The average molecular weight is 377 g/mol. The first-order chi connectivity index (χ1) is 12.3. The number of piperidine rings is 1. The number of benzene rings is 2. The lowest BCUT2D eigenvalue weighted by atomic mass is 9.99. The fourth-order valence-corrected chi connectivity index (χ4v) is 2.83. The van der Waals surface area contributed by atoms with Gasteiger partial charge in [-0.3, -0.25) is 4.79 Å². The van der Waals surface area contributed by atoms with Gasteiger partial charge in [-0.15, -0.1) is 12.4 Å². The number of anilines is 1. The molecule has 3 rings (SSSR count). The van der Waals surface area contributed by atoms with Crippen LogP contribution in [-0.2, 0) is 4.79 Å². The molecule has 1 atom stereocenters. The lowest BCUT2D eigenvalue weighted by molar-refractivity contribution is -0.120. The van der Waals surface area contributed by atoms with Crippen molar-refractivity contribution in [1.82, 2.24) is 5.32 Å². The molecule has 0 radical (unpaired) electrons. The Bertz CT molecular complexity index is 676. The van der Waals surface area contributed by atoms with Gasteiger partial charge in [0.05, 0.1) is 11.6 Å². The van der Waals surface area contributed by atoms with Crippen LogP contribution in [0.25, 0.3) is 0 Å². The van der Waals surface area contributed by atoms with E-state index in [1.165, 1.54) is 0 Å². The summed E-state index contributed by atoms with van der Waals surface area (Å²) in [7, 11) is 0. The number of hydrogen-bond acceptors (Lipinski definition) is 4. The molecule has 5 nitrogen and oxygen atoms in total. The van der Waals surface area contributed by atoms with E-state index in [4.69, 9.17) is 9.47 Å². The molecule has 1 saturated heterocycles. The second kappa shape index (κ2) is 10.7. The van der Waals surface area contributed by atoms with E-state index in [0.717, 1.165) is 31.7 Å². The van der Waals surface area contributed by atoms with Crippen molar-refractivity contribution < 1.29 is 14.3 Å². The Hall–Kier alpha value is -2.24. The molecule has 1 fully saturated rings. The second-order valence-corrected chi connectivity index (χ2v) is 6.04. The predicted molar refractivity (Wildman–Crippen MR) is 105 cm³/mol. The highest BCUT2D eigenvalue weighted by Gasteiger charge is 2.21. The number of nitrogens with one attached hydrogen (secondary N) is 2. The maximum Gasteiger partial charge on any atom is 0.228 e. The first-order valence-electron chi connectivity index (χ1n) is 8.74. The number of ether oxygens (including phenoxy) is 2. The Morgan fingerprint density at radius 1 is 1.04 bits per heavy atom. The Morgan fingerprint density at radius 3 is 2.54 bits per heavy atom. The Morgan fingerprint density at radius 2 is 1.77 bits per heavy atom. The Labute approximate surface area is 160 Å². The molecule has 2 N–H and O–H groups in total. The van der Waals surface area contributed by atoms with Gasteiger partial charge in [-0.25, -0.2) is 0 Å². The molecule has 1 heterocycles. The Balaban J connectivity index is 0.00000243. The summed E-state index contributed by atoms with van der Waals surface area (Å²) in [6, 6.07) is 17.1. The number of amides is 1. The fraction of sp³-hybridized carbons (Fsp3) is 0.350. The zero-order chi connectivity index (χ0) is 17.3. The van der Waals surface area contributed by atoms with Crippen LogP contribution >= 0.6 is 12.4 Å². The first-order valence-corrected chi connectivity index (χ1v) is 8.74. The standard InChI is InChI=1S/C20H24N2O3.ClH/c23-20(16-7-6-12-21-15-16)22-18-10-4-5-11-19(18)25-14-13-24-17-8-2-1-3-9-17;/h1-5,8-11,16,21H,6-7,12-15H2,(H,22,23);1H. The van der Waals surface area contributed by atoms with Gasteiger partial charge < -0.3 is 20.1 Å². The molecule has 0 saturated carbocycles. The summed E-state index contributed by atoms with van der Waals surface area (Å²) in [6.45, 7) is 2.58. The van der Waals surface area contributed by atoms with Crippen LogP contribution in [0.1, 0.15) is 12.8 Å². The van der Waals surface area contributed by atoms with Gasteiger partial charge in [-0.2, -0.15) is 0 Å². The first kappa shape index (κ1) is 20.1. The van der Waals surface area contributed by atoms with Crippen molar-refractivity contribution in [1.29, 1.82) is 0 Å². The summed E-state index contributed by atoms with van der Waals surface area (Å²) in [4.78, 5) is 12.4. The van der Waals surface area contributed by atoms with Gasteiger partial charge in [0.2, 0.25) is 5.91 Å². The highest BCUT2D eigenvalue weighted by molar-refractivity contribution is 5.94. The Kier molecular flexibility index (Phi) is 8.25. The summed E-state index contributed by atoms with van der Waals surface area (Å²) >= 11 is 0. The van der Waals surface area contributed by atoms with Crippen molar-refractivity contribution in [2.24, 2.45) is 5.92 Å². The lowest BCUT2D eigenvalue weighted by Gasteiger charge is -2.22. The lowest BCUT2D eigenvalue weighted by Crippen LogP contribution is -2.37. The van der Waals surface area contributed by atoms with E-state index < -0.39 is 0 Å². The van der Waals surface area contributed by atoms with Crippen molar-refractivity contribution in [3.8, 4) is 11.5 Å². The van der Waals surface area contributed by atoms with Crippen LogP contribution in [0, 0.1) is 5.92 Å². The minimum absolute atomic E-state index is 0. The molecule has 0 bridgehead atoms. The van der Waals surface area contributed by atoms with Gasteiger partial charge in [0, 0.05) is 6.54 Å². The van der Waals surface area contributed by atoms with E-state index in [1.807, 2.05) is 54.6 Å². The average Bonchev–Trinajstić information content (AvgIpc) is 2.68. The quantitative estimate of drug-likeness (QED) is 0.726. The van der Waals surface area contributed by atoms with Crippen LogP contribution in [0.2, 0.25) is 0 Å². The zero-order valence-electron chi connectivity index (χ0n) is 14.6. The summed E-state index contributed by atoms with van der Waals surface area (Å²) < 4.78 is 11.4. The third-order valence-electron chi connectivity index (χ3n) is 4.17. The molecule has 1 aliphatic heterocycles. The van der Waals surface area contributed by atoms with Crippen molar-refractivity contribution in [3.05, 3.63) is 54.6 Å². The SMILES string of the molecule is Cl.O=C(Nc1ccccc1OCCOc1ccccc1)C1CCCNC1. The monoisotopic (exact) mass is 376 g/mol. The maximum atomic E-state index is 12.4. The highest BCUT2D eigenvalue weighted by Crippen LogP contribution is 2.25. The smallest absolute Gasteiger partial charge is 0.228 e. The number of rotatable bonds is 7. The van der Waals surface area contributed by atoms with E-state index in [1.54, 1.807) is 0 Å². The fourth-order valence-electron chi connectivity index (χ4n) is 2.83. The summed E-state index contributed by atoms with van der Waals surface area (Å²) in [5.41, 5.74) is 0.706. The molecule has 2 aromatic carbocycles. The van der Waals surface area contributed by atoms with Crippen LogP contribution in [-0.4, -0.2) is 32.2 Å². The number of carbonyl (C=O) groups is 1. The third kappa shape index (κ3) is 5.93. The van der Waals surface area contributed by atoms with Gasteiger partial charge in [0.25, 0.3) is 0 Å². The molecule has 6 heteroatoms. The van der Waals surface area contributed by atoms with Gasteiger partial charge in [-0.1, -0.05) is 30.3 Å². The molecule has 1 aliphatic rings. The summed E-state index contributed by atoms with van der Waals surface area (Å²) in [6.07, 6.45) is 1.96. The molecule has 2 aromatic rings. The molecule has 26 heavy (non-hydrogen) atoms. The van der Waals surface area contributed by atoms with Crippen molar-refractivity contribution in [3.63, 3.8) is 0 Å². The minimum Gasteiger partial charge on any atom is -0.490 e. The topological polar surface area (TPSA) is 59.6 Å². The van der Waals surface area contributed by atoms with E-state index >= 15 is 0 Å². The minimum atomic E-state index is 0. The number of halogens is 1. The molecule has 0 spiro atoms. The van der Waals surface area contributed by atoms with Gasteiger partial charge in [0.1, 0.15) is 24.7 Å².